The second-order valence-electron chi connectivity index (χ2n) is 7.75. The van der Waals surface area contributed by atoms with Crippen LogP contribution in [0.3, 0.4) is 0 Å². The SMILES string of the molecule is CC(C)Oc1ccc(Nc2c(Cc3ccc(Cl)cc3)c3ccccc3c(O)[n+]2O)cc1F. The smallest absolute Gasteiger partial charge is 0.331 e. The quantitative estimate of drug-likeness (QED) is 0.248. The molecule has 7 heteroatoms. The number of nitrogens with zero attached hydrogens (tertiary/aromatic N) is 1. The van der Waals surface area contributed by atoms with Crippen molar-refractivity contribution in [3.63, 3.8) is 0 Å². The molecule has 1 heterocycles. The van der Waals surface area contributed by atoms with Gasteiger partial charge in [-0.2, -0.15) is 0 Å². The normalized spacial score (nSPS) is 11.2. The number of hydrogen-bond acceptors (Lipinski definition) is 4. The van der Waals surface area contributed by atoms with Gasteiger partial charge < -0.3 is 15.1 Å². The van der Waals surface area contributed by atoms with Crippen LogP contribution in [-0.4, -0.2) is 16.4 Å². The molecule has 164 valence electrons. The second-order valence-corrected chi connectivity index (χ2v) is 8.18. The first-order valence-corrected chi connectivity index (χ1v) is 10.6. The van der Waals surface area contributed by atoms with Gasteiger partial charge in [-0.3, -0.25) is 0 Å². The van der Waals surface area contributed by atoms with E-state index in [0.717, 1.165) is 16.5 Å². The molecule has 0 atom stereocenters. The summed E-state index contributed by atoms with van der Waals surface area (Å²) >= 11 is 6.02. The molecule has 0 fully saturated rings. The maximum Gasteiger partial charge on any atom is 0.331 e. The van der Waals surface area contributed by atoms with Gasteiger partial charge in [0.05, 0.1) is 17.1 Å². The zero-order valence-electron chi connectivity index (χ0n) is 17.6. The van der Waals surface area contributed by atoms with Crippen molar-refractivity contribution in [1.29, 1.82) is 0 Å². The fraction of sp³-hybridized carbons (Fsp3) is 0.160. The molecule has 0 aliphatic heterocycles. The third-order valence-electron chi connectivity index (χ3n) is 5.04. The van der Waals surface area contributed by atoms with E-state index in [4.69, 9.17) is 16.3 Å². The van der Waals surface area contributed by atoms with E-state index in [0.29, 0.717) is 27.2 Å². The zero-order valence-corrected chi connectivity index (χ0v) is 18.4. The van der Waals surface area contributed by atoms with Crippen LogP contribution in [-0.2, 0) is 6.42 Å². The highest BCUT2D eigenvalue weighted by Gasteiger charge is 2.26. The molecule has 0 spiro atoms. The van der Waals surface area contributed by atoms with Gasteiger partial charge in [-0.05, 0) is 54.5 Å². The minimum Gasteiger partial charge on any atom is -0.488 e. The van der Waals surface area contributed by atoms with Gasteiger partial charge in [-0.15, -0.1) is 0 Å². The average Bonchev–Trinajstić information content (AvgIpc) is 2.77. The van der Waals surface area contributed by atoms with Crippen molar-refractivity contribution in [2.75, 3.05) is 5.32 Å². The molecule has 4 rings (SSSR count). The molecule has 0 aliphatic carbocycles. The number of nitrogens with one attached hydrogen (secondary N) is 1. The third-order valence-corrected chi connectivity index (χ3v) is 5.29. The summed E-state index contributed by atoms with van der Waals surface area (Å²) in [5.41, 5.74) is 2.08. The van der Waals surface area contributed by atoms with Gasteiger partial charge in [0.15, 0.2) is 11.6 Å². The van der Waals surface area contributed by atoms with Crippen molar-refractivity contribution in [3.05, 3.63) is 88.7 Å². The number of halogens is 2. The number of aromatic hydroxyl groups is 1. The molecule has 3 aromatic carbocycles. The molecule has 0 bridgehead atoms. The topological polar surface area (TPSA) is 65.6 Å². The van der Waals surface area contributed by atoms with Crippen LogP contribution in [0.15, 0.2) is 66.7 Å². The maximum absolute atomic E-state index is 14.5. The Bertz CT molecular complexity index is 1280. The summed E-state index contributed by atoms with van der Waals surface area (Å²) in [5, 5.41) is 26.3. The Labute approximate surface area is 190 Å². The van der Waals surface area contributed by atoms with E-state index in [1.165, 1.54) is 12.1 Å². The number of anilines is 2. The van der Waals surface area contributed by atoms with E-state index >= 15 is 0 Å². The van der Waals surface area contributed by atoms with Gasteiger partial charge in [-0.25, -0.2) is 9.71 Å². The number of benzene rings is 3. The van der Waals surface area contributed by atoms with Crippen molar-refractivity contribution in [1.82, 2.24) is 0 Å². The van der Waals surface area contributed by atoms with E-state index in [-0.39, 0.29) is 23.6 Å². The number of aromatic nitrogens is 1. The van der Waals surface area contributed by atoms with E-state index in [2.05, 4.69) is 5.32 Å². The van der Waals surface area contributed by atoms with E-state index in [9.17, 15) is 14.7 Å². The van der Waals surface area contributed by atoms with Gasteiger partial charge in [0.1, 0.15) is 5.69 Å². The number of ether oxygens (including phenoxy) is 1. The predicted octanol–water partition coefficient (Wildman–Crippen LogP) is 5.98. The third kappa shape index (κ3) is 4.41. The Hall–Kier alpha value is -3.51. The van der Waals surface area contributed by atoms with Crippen molar-refractivity contribution in [3.8, 4) is 11.6 Å². The summed E-state index contributed by atoms with van der Waals surface area (Å²) in [7, 11) is 0. The summed E-state index contributed by atoms with van der Waals surface area (Å²) in [5.74, 6) is -0.473. The van der Waals surface area contributed by atoms with Crippen LogP contribution in [0.25, 0.3) is 10.8 Å². The lowest BCUT2D eigenvalue weighted by molar-refractivity contribution is -0.895. The van der Waals surface area contributed by atoms with Crippen molar-refractivity contribution in [2.24, 2.45) is 0 Å². The van der Waals surface area contributed by atoms with E-state index in [1.807, 2.05) is 38.1 Å². The van der Waals surface area contributed by atoms with Crippen molar-refractivity contribution in [2.45, 2.75) is 26.4 Å². The highest BCUT2D eigenvalue weighted by atomic mass is 35.5. The maximum atomic E-state index is 14.5. The first-order valence-electron chi connectivity index (χ1n) is 10.2. The lowest BCUT2D eigenvalue weighted by Crippen LogP contribution is -2.35. The van der Waals surface area contributed by atoms with Gasteiger partial charge in [-0.1, -0.05) is 41.9 Å². The van der Waals surface area contributed by atoms with Crippen LogP contribution >= 0.6 is 11.6 Å². The largest absolute Gasteiger partial charge is 0.488 e. The molecule has 0 saturated heterocycles. The Morgan fingerprint density at radius 3 is 2.38 bits per heavy atom. The molecule has 0 saturated carbocycles. The first-order chi connectivity index (χ1) is 15.3. The molecule has 5 nitrogen and oxygen atoms in total. The molecule has 0 amide bonds. The van der Waals surface area contributed by atoms with Crippen LogP contribution in [0.1, 0.15) is 25.0 Å². The van der Waals surface area contributed by atoms with E-state index < -0.39 is 5.82 Å². The summed E-state index contributed by atoms with van der Waals surface area (Å²) in [4.78, 5) is 0. The lowest BCUT2D eigenvalue weighted by atomic mass is 9.99. The highest BCUT2D eigenvalue weighted by Crippen LogP contribution is 2.33. The summed E-state index contributed by atoms with van der Waals surface area (Å²) in [6.07, 6.45) is 0.282. The molecule has 3 N–H and O–H groups in total. The molecule has 1 aromatic heterocycles. The van der Waals surface area contributed by atoms with Crippen LogP contribution in [0.4, 0.5) is 15.9 Å². The number of pyridine rings is 1. The molecule has 0 aliphatic rings. The number of fused-ring (bicyclic) bond motifs is 1. The Morgan fingerprint density at radius 2 is 1.72 bits per heavy atom. The fourth-order valence-electron chi connectivity index (χ4n) is 3.60. The molecule has 0 radical (unpaired) electrons. The molecular weight excluding hydrogens is 431 g/mol. The minimum atomic E-state index is -0.530. The predicted molar refractivity (Wildman–Crippen MR) is 123 cm³/mol. The van der Waals surface area contributed by atoms with Gasteiger partial charge >= 0.3 is 11.7 Å². The van der Waals surface area contributed by atoms with Gasteiger partial charge in [0, 0.05) is 22.9 Å². The Kier molecular flexibility index (Phi) is 6.06. The zero-order chi connectivity index (χ0) is 22.8. The van der Waals surface area contributed by atoms with E-state index in [1.54, 1.807) is 30.3 Å². The number of rotatable bonds is 6. The summed E-state index contributed by atoms with van der Waals surface area (Å²) < 4.78 is 20.7. The summed E-state index contributed by atoms with van der Waals surface area (Å²) in [6.45, 7) is 3.64. The van der Waals surface area contributed by atoms with Gasteiger partial charge in [0.25, 0.3) is 0 Å². The first kappa shape index (κ1) is 21.7. The second kappa shape index (κ2) is 8.93. The standard InChI is InChI=1S/C25H22ClFN2O3/c1-15(2)32-23-12-11-18(14-22(23)27)28-24-21(13-16-7-9-17(26)10-8-16)19-5-3-4-6-20(19)25(30)29(24)31/h3-12,14-15,31H,13H2,1-2H3,(H,28,30)/p+1. The molecular formula is C25H23ClFN2O3+. The lowest BCUT2D eigenvalue weighted by Gasteiger charge is -2.14. The van der Waals surface area contributed by atoms with Crippen LogP contribution in [0.5, 0.6) is 11.6 Å². The fourth-order valence-corrected chi connectivity index (χ4v) is 3.72. The molecule has 0 unspecified atom stereocenters. The monoisotopic (exact) mass is 453 g/mol. The van der Waals surface area contributed by atoms with Crippen LogP contribution < -0.4 is 14.8 Å². The summed E-state index contributed by atoms with van der Waals surface area (Å²) in [6, 6.07) is 19.1. The average molecular weight is 454 g/mol. The Balaban J connectivity index is 1.82. The molecule has 32 heavy (non-hydrogen) atoms. The van der Waals surface area contributed by atoms with Gasteiger partial charge in [0.2, 0.25) is 0 Å². The Morgan fingerprint density at radius 1 is 1.03 bits per heavy atom. The van der Waals surface area contributed by atoms with Crippen molar-refractivity contribution >= 4 is 33.9 Å². The van der Waals surface area contributed by atoms with Crippen LogP contribution in [0, 0.1) is 5.82 Å². The van der Waals surface area contributed by atoms with Crippen molar-refractivity contribution < 1.29 is 24.2 Å². The molecule has 4 aromatic rings. The van der Waals surface area contributed by atoms with Crippen LogP contribution in [0.2, 0.25) is 5.02 Å². The number of hydrogen-bond donors (Lipinski definition) is 3. The minimum absolute atomic E-state index is 0.144. The highest BCUT2D eigenvalue weighted by molar-refractivity contribution is 6.30.